The second-order valence-corrected chi connectivity index (χ2v) is 8.94. The van der Waals surface area contributed by atoms with Gasteiger partial charge in [0.1, 0.15) is 16.8 Å². The van der Waals surface area contributed by atoms with Gasteiger partial charge in [0.2, 0.25) is 0 Å². The normalized spacial score (nSPS) is 11.2. The summed E-state index contributed by atoms with van der Waals surface area (Å²) in [6.07, 6.45) is 0.0395. The van der Waals surface area contributed by atoms with Crippen molar-refractivity contribution in [3.8, 4) is 11.4 Å². The van der Waals surface area contributed by atoms with Gasteiger partial charge in [-0.1, -0.05) is 6.07 Å². The molecule has 0 saturated carbocycles. The number of hydrogen-bond acceptors (Lipinski definition) is 5. The SMILES string of the molecule is CCN(CC)c1ccc(-n2nc3cc(C)c(NC(=O)c4cccc(OC(C)C)c4)cc3n2)c(C)c1. The number of hydrogen-bond donors (Lipinski definition) is 1. The summed E-state index contributed by atoms with van der Waals surface area (Å²) >= 11 is 0. The van der Waals surface area contributed by atoms with E-state index in [4.69, 9.17) is 14.9 Å². The molecule has 4 aromatic rings. The minimum Gasteiger partial charge on any atom is -0.491 e. The van der Waals surface area contributed by atoms with Crippen LogP contribution in [-0.2, 0) is 0 Å². The molecule has 0 spiro atoms. The van der Waals surface area contributed by atoms with E-state index in [1.54, 1.807) is 16.9 Å². The summed E-state index contributed by atoms with van der Waals surface area (Å²) in [5.74, 6) is 0.474. The van der Waals surface area contributed by atoms with E-state index in [2.05, 4.69) is 49.2 Å². The molecule has 0 radical (unpaired) electrons. The first-order valence-corrected chi connectivity index (χ1v) is 12.1. The highest BCUT2D eigenvalue weighted by Crippen LogP contribution is 2.26. The number of ether oxygens (including phenoxy) is 1. The minimum atomic E-state index is -0.197. The molecule has 35 heavy (non-hydrogen) atoms. The molecule has 4 rings (SSSR count). The van der Waals surface area contributed by atoms with Crippen molar-refractivity contribution in [1.29, 1.82) is 0 Å². The summed E-state index contributed by atoms with van der Waals surface area (Å²) in [7, 11) is 0. The molecule has 1 N–H and O–H groups in total. The third-order valence-electron chi connectivity index (χ3n) is 5.97. The first-order valence-electron chi connectivity index (χ1n) is 12.1. The highest BCUT2D eigenvalue weighted by molar-refractivity contribution is 6.05. The van der Waals surface area contributed by atoms with E-state index in [0.29, 0.717) is 17.0 Å². The lowest BCUT2D eigenvalue weighted by molar-refractivity contribution is 0.102. The Morgan fingerprint density at radius 2 is 1.69 bits per heavy atom. The zero-order chi connectivity index (χ0) is 25.1. The maximum atomic E-state index is 12.9. The molecule has 1 amide bonds. The Morgan fingerprint density at radius 3 is 2.34 bits per heavy atom. The third kappa shape index (κ3) is 5.29. The molecular formula is C28H33N5O2. The van der Waals surface area contributed by atoms with E-state index in [1.165, 1.54) is 5.69 Å². The van der Waals surface area contributed by atoms with Gasteiger partial charge in [-0.05, 0) is 101 Å². The van der Waals surface area contributed by atoms with Crippen LogP contribution in [0.2, 0.25) is 0 Å². The molecule has 7 nitrogen and oxygen atoms in total. The van der Waals surface area contributed by atoms with Gasteiger partial charge in [0.25, 0.3) is 5.91 Å². The number of aryl methyl sites for hydroxylation is 2. The average Bonchev–Trinajstić information content (AvgIpc) is 3.22. The Hall–Kier alpha value is -3.87. The predicted molar refractivity (Wildman–Crippen MR) is 142 cm³/mol. The zero-order valence-corrected chi connectivity index (χ0v) is 21.3. The summed E-state index contributed by atoms with van der Waals surface area (Å²) in [4.78, 5) is 16.9. The number of benzene rings is 3. The number of rotatable bonds is 8. The van der Waals surface area contributed by atoms with Crippen molar-refractivity contribution in [2.45, 2.75) is 47.6 Å². The number of nitrogens with one attached hydrogen (secondary N) is 1. The van der Waals surface area contributed by atoms with Crippen molar-refractivity contribution >= 4 is 28.3 Å². The lowest BCUT2D eigenvalue weighted by atomic mass is 10.1. The van der Waals surface area contributed by atoms with Crippen molar-refractivity contribution in [2.24, 2.45) is 0 Å². The molecule has 7 heteroatoms. The number of fused-ring (bicyclic) bond motifs is 1. The largest absolute Gasteiger partial charge is 0.491 e. The van der Waals surface area contributed by atoms with Gasteiger partial charge >= 0.3 is 0 Å². The molecule has 1 aromatic heterocycles. The van der Waals surface area contributed by atoms with Crippen molar-refractivity contribution < 1.29 is 9.53 Å². The quantitative estimate of drug-likeness (QED) is 0.345. The van der Waals surface area contributed by atoms with Crippen LogP contribution in [0, 0.1) is 13.8 Å². The van der Waals surface area contributed by atoms with Gasteiger partial charge in [0, 0.05) is 30.0 Å². The fourth-order valence-electron chi connectivity index (χ4n) is 4.14. The lowest BCUT2D eigenvalue weighted by Gasteiger charge is -2.22. The standard InChI is InChI=1S/C28H33N5O2/c1-7-32(8-2)22-12-13-27(20(6)14-22)33-30-25-15-19(5)24(17-26(25)31-33)29-28(34)21-10-9-11-23(16-21)35-18(3)4/h9-18H,7-8H2,1-6H3,(H,29,34). The molecule has 0 atom stereocenters. The fourth-order valence-corrected chi connectivity index (χ4v) is 4.14. The fraction of sp³-hybridized carbons (Fsp3) is 0.321. The van der Waals surface area contributed by atoms with Crippen LogP contribution in [0.5, 0.6) is 5.75 Å². The summed E-state index contributed by atoms with van der Waals surface area (Å²) in [5.41, 5.74) is 6.88. The van der Waals surface area contributed by atoms with Crippen LogP contribution >= 0.6 is 0 Å². The van der Waals surface area contributed by atoms with Crippen LogP contribution in [0.4, 0.5) is 11.4 Å². The monoisotopic (exact) mass is 471 g/mol. The lowest BCUT2D eigenvalue weighted by Crippen LogP contribution is -2.21. The maximum Gasteiger partial charge on any atom is 0.255 e. The molecule has 0 bridgehead atoms. The minimum absolute atomic E-state index is 0.0395. The van der Waals surface area contributed by atoms with E-state index in [-0.39, 0.29) is 12.0 Å². The molecule has 1 heterocycles. The van der Waals surface area contributed by atoms with Crippen LogP contribution in [0.15, 0.2) is 54.6 Å². The van der Waals surface area contributed by atoms with Gasteiger partial charge in [-0.25, -0.2) is 0 Å². The maximum absolute atomic E-state index is 12.9. The summed E-state index contributed by atoms with van der Waals surface area (Å²) in [6.45, 7) is 14.2. The Kier molecular flexibility index (Phi) is 7.05. The van der Waals surface area contributed by atoms with Crippen molar-refractivity contribution in [2.75, 3.05) is 23.3 Å². The van der Waals surface area contributed by atoms with Crippen LogP contribution in [0.3, 0.4) is 0 Å². The van der Waals surface area contributed by atoms with E-state index in [1.807, 2.05) is 45.0 Å². The topological polar surface area (TPSA) is 72.3 Å². The average molecular weight is 472 g/mol. The van der Waals surface area contributed by atoms with Crippen molar-refractivity contribution in [1.82, 2.24) is 15.0 Å². The highest BCUT2D eigenvalue weighted by atomic mass is 16.5. The predicted octanol–water partition coefficient (Wildman–Crippen LogP) is 5.92. The molecule has 0 unspecified atom stereocenters. The van der Waals surface area contributed by atoms with Crippen molar-refractivity contribution in [3.63, 3.8) is 0 Å². The second-order valence-electron chi connectivity index (χ2n) is 8.94. The first kappa shape index (κ1) is 24.3. The third-order valence-corrected chi connectivity index (χ3v) is 5.97. The number of carbonyl (C=O) groups is 1. The number of amides is 1. The van der Waals surface area contributed by atoms with Crippen LogP contribution in [0.25, 0.3) is 16.7 Å². The molecule has 0 aliphatic rings. The number of nitrogens with zero attached hydrogens (tertiary/aromatic N) is 4. The number of carbonyl (C=O) groups excluding carboxylic acids is 1. The Bertz CT molecular complexity index is 1350. The van der Waals surface area contributed by atoms with Gasteiger partial charge in [-0.15, -0.1) is 10.2 Å². The Labute approximate surface area is 206 Å². The smallest absolute Gasteiger partial charge is 0.255 e. The number of aromatic nitrogens is 3. The molecule has 3 aromatic carbocycles. The summed E-state index contributed by atoms with van der Waals surface area (Å²) in [5, 5.41) is 12.4. The Balaban J connectivity index is 1.60. The zero-order valence-electron chi connectivity index (χ0n) is 21.3. The molecule has 0 aliphatic carbocycles. The van der Waals surface area contributed by atoms with Crippen LogP contribution in [-0.4, -0.2) is 40.1 Å². The van der Waals surface area contributed by atoms with Gasteiger partial charge in [0.15, 0.2) is 0 Å². The second kappa shape index (κ2) is 10.2. The van der Waals surface area contributed by atoms with Crippen molar-refractivity contribution in [3.05, 3.63) is 71.3 Å². The molecule has 0 fully saturated rings. The van der Waals surface area contributed by atoms with Gasteiger partial charge in [-0.2, -0.15) is 4.80 Å². The Morgan fingerprint density at radius 1 is 0.971 bits per heavy atom. The molecular weight excluding hydrogens is 438 g/mol. The molecule has 0 aliphatic heterocycles. The van der Waals surface area contributed by atoms with E-state index >= 15 is 0 Å². The van der Waals surface area contributed by atoms with Crippen LogP contribution in [0.1, 0.15) is 49.2 Å². The molecule has 0 saturated heterocycles. The molecule has 182 valence electrons. The highest BCUT2D eigenvalue weighted by Gasteiger charge is 2.14. The van der Waals surface area contributed by atoms with E-state index in [9.17, 15) is 4.79 Å². The summed E-state index contributed by atoms with van der Waals surface area (Å²) < 4.78 is 5.72. The van der Waals surface area contributed by atoms with Gasteiger partial charge < -0.3 is 15.0 Å². The summed E-state index contributed by atoms with van der Waals surface area (Å²) in [6, 6.07) is 17.4. The van der Waals surface area contributed by atoms with Crippen LogP contribution < -0.4 is 15.0 Å². The number of anilines is 2. The van der Waals surface area contributed by atoms with Gasteiger partial charge in [-0.3, -0.25) is 4.79 Å². The first-order chi connectivity index (χ1) is 16.8. The van der Waals surface area contributed by atoms with E-state index in [0.717, 1.165) is 40.9 Å². The van der Waals surface area contributed by atoms with E-state index < -0.39 is 0 Å². The van der Waals surface area contributed by atoms with Gasteiger partial charge in [0.05, 0.1) is 11.8 Å².